The average Bonchev–Trinajstić information content (AvgIpc) is 2.65. The largest absolute Gasteiger partial charge is 0.417 e. The standard InChI is InChI=1S/C18H11F10NO.HNO2S/c1-9(13-7-12(19)4-5-14(13)17(23,24)25)29-30-8-10-2-3-11(16(20,21)22)6-15(10)18(26,27)28;1-4(2)3/h2-7H,8H2,1H3;1H/b29-9+;. The quantitative estimate of drug-likeness (QED) is 0.283. The SMILES string of the molecule is C/C(=N\OCc1ccc(C(F)(F)F)cc1C(F)(F)F)c1cc(F)ccc1C(F)(F)F.N=S(=O)=O. The molecule has 0 saturated carbocycles. The molecule has 0 saturated heterocycles. The van der Waals surface area contributed by atoms with E-state index in [0.29, 0.717) is 30.3 Å². The molecule has 0 amide bonds. The van der Waals surface area contributed by atoms with Crippen LogP contribution in [0.3, 0.4) is 0 Å². The third kappa shape index (κ3) is 8.64. The maximum Gasteiger partial charge on any atom is 0.417 e. The Labute approximate surface area is 186 Å². The Morgan fingerprint density at radius 1 is 0.882 bits per heavy atom. The molecule has 2 aromatic rings. The highest BCUT2D eigenvalue weighted by Gasteiger charge is 2.38. The van der Waals surface area contributed by atoms with Crippen LogP contribution in [0.15, 0.2) is 41.6 Å². The molecular weight excluding hydrogens is 514 g/mol. The van der Waals surface area contributed by atoms with Crippen molar-refractivity contribution in [2.24, 2.45) is 5.16 Å². The summed E-state index contributed by atoms with van der Waals surface area (Å²) >= 11 is 0. The molecule has 0 atom stereocenters. The topological polar surface area (TPSA) is 79.6 Å². The van der Waals surface area contributed by atoms with Gasteiger partial charge in [-0.3, -0.25) is 0 Å². The summed E-state index contributed by atoms with van der Waals surface area (Å²) in [6.45, 7) is 0.0163. The molecule has 0 aliphatic rings. The predicted octanol–water partition coefficient (Wildman–Crippen LogP) is 6.45. The molecule has 0 fully saturated rings. The van der Waals surface area contributed by atoms with Crippen molar-refractivity contribution in [2.45, 2.75) is 32.1 Å². The Kier molecular flexibility index (Phi) is 9.20. The maximum atomic E-state index is 13.3. The van der Waals surface area contributed by atoms with Gasteiger partial charge in [-0.25, -0.2) is 4.39 Å². The van der Waals surface area contributed by atoms with E-state index in [1.807, 2.05) is 0 Å². The number of benzene rings is 2. The summed E-state index contributed by atoms with van der Waals surface area (Å²) in [5.74, 6) is -1.02. The maximum absolute atomic E-state index is 13.3. The van der Waals surface area contributed by atoms with Crippen molar-refractivity contribution in [1.29, 1.82) is 4.78 Å². The lowest BCUT2D eigenvalue weighted by atomic mass is 10.0. The number of alkyl halides is 9. The van der Waals surface area contributed by atoms with E-state index in [1.54, 1.807) is 0 Å². The van der Waals surface area contributed by atoms with Gasteiger partial charge in [0.1, 0.15) is 12.4 Å². The monoisotopic (exact) mass is 526 g/mol. The second-order valence-corrected chi connectivity index (χ2v) is 6.71. The number of nitrogens with one attached hydrogen (secondary N) is 1. The lowest BCUT2D eigenvalue weighted by Crippen LogP contribution is -2.14. The number of oxime groups is 1. The van der Waals surface area contributed by atoms with E-state index in [9.17, 15) is 43.9 Å². The van der Waals surface area contributed by atoms with E-state index in [2.05, 4.69) is 9.99 Å². The predicted molar refractivity (Wildman–Crippen MR) is 96.5 cm³/mol. The van der Waals surface area contributed by atoms with Gasteiger partial charge in [-0.1, -0.05) is 11.2 Å². The van der Waals surface area contributed by atoms with Gasteiger partial charge in [0.25, 0.3) is 0 Å². The highest BCUT2D eigenvalue weighted by atomic mass is 32.2. The molecule has 0 aliphatic carbocycles. The summed E-state index contributed by atoms with van der Waals surface area (Å²) in [5.41, 5.74) is -6.34. The summed E-state index contributed by atoms with van der Waals surface area (Å²) in [5, 5.41) is 3.26. The van der Waals surface area contributed by atoms with Gasteiger partial charge in [0.05, 0.1) is 22.4 Å². The van der Waals surface area contributed by atoms with Gasteiger partial charge in [-0.2, -0.15) is 52.7 Å². The minimum atomic E-state index is -5.15. The van der Waals surface area contributed by atoms with Gasteiger partial charge in [-0.15, -0.1) is 0 Å². The summed E-state index contributed by atoms with van der Waals surface area (Å²) in [4.78, 5) is 4.62. The summed E-state index contributed by atoms with van der Waals surface area (Å²) in [7, 11) is -2.61. The van der Waals surface area contributed by atoms with Crippen molar-refractivity contribution in [3.63, 3.8) is 0 Å². The molecule has 1 N–H and O–H groups in total. The fourth-order valence-electron chi connectivity index (χ4n) is 2.45. The van der Waals surface area contributed by atoms with Crippen LogP contribution >= 0.6 is 0 Å². The van der Waals surface area contributed by atoms with Gasteiger partial charge in [0.15, 0.2) is 0 Å². The first-order valence-electron chi connectivity index (χ1n) is 8.45. The summed E-state index contributed by atoms with van der Waals surface area (Å²) in [6, 6.07) is 2.37. The Bertz CT molecular complexity index is 1150. The molecule has 0 aliphatic heterocycles. The van der Waals surface area contributed by atoms with Gasteiger partial charge in [-0.05, 0) is 37.3 Å². The minimum absolute atomic E-state index is 0.108. The Hall–Kier alpha value is -3.17. The third-order valence-electron chi connectivity index (χ3n) is 3.84. The molecular formula is C18H12F10N2O3S. The highest BCUT2D eigenvalue weighted by molar-refractivity contribution is 7.60. The van der Waals surface area contributed by atoms with Crippen LogP contribution in [-0.2, 0) is 40.5 Å². The van der Waals surface area contributed by atoms with Crippen LogP contribution in [0.5, 0.6) is 0 Å². The number of nitrogens with zero attached hydrogens (tertiary/aromatic N) is 1. The Balaban J connectivity index is 0.00000133. The lowest BCUT2D eigenvalue weighted by Gasteiger charge is -2.16. The third-order valence-corrected chi connectivity index (χ3v) is 3.84. The highest BCUT2D eigenvalue weighted by Crippen LogP contribution is 2.37. The van der Waals surface area contributed by atoms with E-state index in [1.165, 1.54) is 0 Å². The first kappa shape index (κ1) is 28.9. The van der Waals surface area contributed by atoms with Crippen LogP contribution in [0.25, 0.3) is 0 Å². The second kappa shape index (κ2) is 10.8. The molecule has 0 bridgehead atoms. The number of halogens is 10. The normalized spacial score (nSPS) is 12.6. The molecule has 0 radical (unpaired) electrons. The molecule has 188 valence electrons. The zero-order valence-corrected chi connectivity index (χ0v) is 17.3. The number of hydrogen-bond acceptors (Lipinski definition) is 5. The second-order valence-electron chi connectivity index (χ2n) is 6.24. The van der Waals surface area contributed by atoms with Crippen LogP contribution in [0.2, 0.25) is 0 Å². The molecule has 0 heterocycles. The lowest BCUT2D eigenvalue weighted by molar-refractivity contribution is -0.144. The first-order valence-corrected chi connectivity index (χ1v) is 9.53. The van der Waals surface area contributed by atoms with E-state index >= 15 is 0 Å². The number of rotatable bonds is 4. The van der Waals surface area contributed by atoms with Gasteiger partial charge >= 0.3 is 29.0 Å². The molecule has 2 aromatic carbocycles. The first-order chi connectivity index (χ1) is 15.3. The van der Waals surface area contributed by atoms with Crippen molar-refractivity contribution in [3.8, 4) is 0 Å². The molecule has 2 rings (SSSR count). The van der Waals surface area contributed by atoms with Crippen LogP contribution in [0.4, 0.5) is 43.9 Å². The molecule has 16 heteroatoms. The Morgan fingerprint density at radius 3 is 1.88 bits per heavy atom. The zero-order valence-electron chi connectivity index (χ0n) is 16.5. The van der Waals surface area contributed by atoms with Gasteiger partial charge in [0.2, 0.25) is 0 Å². The van der Waals surface area contributed by atoms with Crippen LogP contribution in [-0.4, -0.2) is 14.1 Å². The van der Waals surface area contributed by atoms with E-state index in [4.69, 9.17) is 13.2 Å². The van der Waals surface area contributed by atoms with Crippen LogP contribution in [0.1, 0.15) is 34.7 Å². The average molecular weight is 526 g/mol. The number of hydrogen-bond donors (Lipinski definition) is 1. The summed E-state index contributed by atoms with van der Waals surface area (Å²) < 4.78 is 152. The van der Waals surface area contributed by atoms with E-state index < -0.39 is 75.0 Å². The van der Waals surface area contributed by atoms with Crippen molar-refractivity contribution in [3.05, 3.63) is 70.0 Å². The summed E-state index contributed by atoms with van der Waals surface area (Å²) in [6.07, 6.45) is -15.0. The van der Waals surface area contributed by atoms with Crippen molar-refractivity contribution >= 4 is 16.2 Å². The minimum Gasteiger partial charge on any atom is -0.391 e. The molecule has 0 unspecified atom stereocenters. The van der Waals surface area contributed by atoms with E-state index in [-0.39, 0.29) is 6.07 Å². The zero-order chi connectivity index (χ0) is 26.5. The molecule has 5 nitrogen and oxygen atoms in total. The fourth-order valence-corrected chi connectivity index (χ4v) is 2.45. The van der Waals surface area contributed by atoms with Crippen LogP contribution < -0.4 is 0 Å². The van der Waals surface area contributed by atoms with Crippen molar-refractivity contribution in [1.82, 2.24) is 0 Å². The fraction of sp³-hybridized carbons (Fsp3) is 0.278. The van der Waals surface area contributed by atoms with Crippen LogP contribution in [0, 0.1) is 10.6 Å². The molecule has 0 aromatic heterocycles. The van der Waals surface area contributed by atoms with E-state index in [0.717, 1.165) is 6.92 Å². The van der Waals surface area contributed by atoms with Crippen molar-refractivity contribution in [2.75, 3.05) is 0 Å². The van der Waals surface area contributed by atoms with Crippen molar-refractivity contribution < 1.29 is 57.2 Å². The van der Waals surface area contributed by atoms with Gasteiger partial charge in [0, 0.05) is 11.1 Å². The molecule has 0 spiro atoms. The smallest absolute Gasteiger partial charge is 0.391 e. The molecule has 34 heavy (non-hydrogen) atoms. The van der Waals surface area contributed by atoms with Gasteiger partial charge < -0.3 is 4.84 Å². The Morgan fingerprint density at radius 2 is 1.41 bits per heavy atom.